The Morgan fingerprint density at radius 1 is 1.40 bits per heavy atom. The highest BCUT2D eigenvalue weighted by atomic mass is 16.4. The van der Waals surface area contributed by atoms with Crippen molar-refractivity contribution in [2.45, 2.75) is 38.8 Å². The topological polar surface area (TPSA) is 43.8 Å². The zero-order valence-electron chi connectivity index (χ0n) is 12.4. The van der Waals surface area contributed by atoms with Crippen molar-refractivity contribution >= 4 is 11.7 Å². The minimum Gasteiger partial charge on any atom is -0.481 e. The molecule has 0 spiro atoms. The summed E-state index contributed by atoms with van der Waals surface area (Å²) < 4.78 is 0. The van der Waals surface area contributed by atoms with Crippen LogP contribution in [0, 0.1) is 0 Å². The van der Waals surface area contributed by atoms with Crippen molar-refractivity contribution in [1.82, 2.24) is 4.90 Å². The van der Waals surface area contributed by atoms with E-state index in [2.05, 4.69) is 48.0 Å². The van der Waals surface area contributed by atoms with E-state index in [4.69, 9.17) is 5.11 Å². The average Bonchev–Trinajstić information content (AvgIpc) is 2.56. The summed E-state index contributed by atoms with van der Waals surface area (Å²) in [5.74, 6) is -0.703. The van der Waals surface area contributed by atoms with Gasteiger partial charge in [0.05, 0.1) is 0 Å². The molecule has 1 aromatic carbocycles. The van der Waals surface area contributed by atoms with Gasteiger partial charge in [-0.3, -0.25) is 9.69 Å². The predicted octanol–water partition coefficient (Wildman–Crippen LogP) is 2.58. The molecular weight excluding hydrogens is 252 g/mol. The second kappa shape index (κ2) is 6.75. The van der Waals surface area contributed by atoms with Gasteiger partial charge < -0.3 is 10.0 Å². The van der Waals surface area contributed by atoms with Gasteiger partial charge in [-0.25, -0.2) is 0 Å². The molecule has 4 nitrogen and oxygen atoms in total. The van der Waals surface area contributed by atoms with Crippen LogP contribution in [-0.2, 0) is 11.3 Å². The molecule has 4 heteroatoms. The highest BCUT2D eigenvalue weighted by Crippen LogP contribution is 2.27. The number of benzene rings is 1. The third-order valence-electron chi connectivity index (χ3n) is 4.08. The molecule has 0 aliphatic carbocycles. The first kappa shape index (κ1) is 14.9. The first-order valence-corrected chi connectivity index (χ1v) is 7.36. The molecule has 0 aromatic heterocycles. The molecule has 1 atom stereocenters. The molecule has 0 bridgehead atoms. The maximum atomic E-state index is 10.7. The van der Waals surface area contributed by atoms with Gasteiger partial charge >= 0.3 is 5.97 Å². The summed E-state index contributed by atoms with van der Waals surface area (Å²) >= 11 is 0. The first-order valence-electron chi connectivity index (χ1n) is 7.36. The van der Waals surface area contributed by atoms with Gasteiger partial charge in [-0.2, -0.15) is 0 Å². The van der Waals surface area contributed by atoms with Crippen molar-refractivity contribution < 1.29 is 9.90 Å². The summed E-state index contributed by atoms with van der Waals surface area (Å²) in [5, 5.41) is 8.79. The molecule has 2 rings (SSSR count). The predicted molar refractivity (Wildman–Crippen MR) is 81.1 cm³/mol. The largest absolute Gasteiger partial charge is 0.481 e. The standard InChI is InChI=1S/C16H24N2O2/c1-3-14-12-17(2)15-8-5-4-7-13(15)11-18(14)10-6-9-16(19)20/h4-5,7-8,14H,3,6,9-12H2,1-2H3,(H,19,20). The fourth-order valence-electron chi connectivity index (χ4n) is 2.98. The maximum absolute atomic E-state index is 10.7. The maximum Gasteiger partial charge on any atom is 0.303 e. The van der Waals surface area contributed by atoms with Crippen LogP contribution in [0.15, 0.2) is 24.3 Å². The molecule has 0 saturated carbocycles. The molecule has 1 unspecified atom stereocenters. The number of likely N-dealkylation sites (N-methyl/N-ethyl adjacent to an activating group) is 1. The number of fused-ring (bicyclic) bond motifs is 1. The number of carboxylic acids is 1. The number of para-hydroxylation sites is 1. The number of carbonyl (C=O) groups is 1. The van der Waals surface area contributed by atoms with E-state index in [1.165, 1.54) is 11.3 Å². The minimum absolute atomic E-state index is 0.254. The van der Waals surface area contributed by atoms with E-state index in [9.17, 15) is 4.79 Å². The van der Waals surface area contributed by atoms with Crippen molar-refractivity contribution in [3.05, 3.63) is 29.8 Å². The number of anilines is 1. The Bertz CT molecular complexity index is 462. The molecule has 1 aliphatic rings. The van der Waals surface area contributed by atoms with Crippen molar-refractivity contribution in [2.75, 3.05) is 25.0 Å². The van der Waals surface area contributed by atoms with Gasteiger partial charge in [0.25, 0.3) is 0 Å². The van der Waals surface area contributed by atoms with Crippen LogP contribution in [0.25, 0.3) is 0 Å². The number of aliphatic carboxylic acids is 1. The molecule has 110 valence electrons. The second-order valence-corrected chi connectivity index (χ2v) is 5.54. The summed E-state index contributed by atoms with van der Waals surface area (Å²) in [4.78, 5) is 15.4. The van der Waals surface area contributed by atoms with Crippen LogP contribution in [0.4, 0.5) is 5.69 Å². The molecule has 1 aromatic rings. The number of nitrogens with zero attached hydrogens (tertiary/aromatic N) is 2. The third kappa shape index (κ3) is 3.51. The van der Waals surface area contributed by atoms with Gasteiger partial charge in [0, 0.05) is 38.3 Å². The smallest absolute Gasteiger partial charge is 0.303 e. The lowest BCUT2D eigenvalue weighted by atomic mass is 10.1. The van der Waals surface area contributed by atoms with Crippen LogP contribution in [0.5, 0.6) is 0 Å². The van der Waals surface area contributed by atoms with Crippen LogP contribution < -0.4 is 4.90 Å². The Morgan fingerprint density at radius 3 is 2.85 bits per heavy atom. The Morgan fingerprint density at radius 2 is 2.15 bits per heavy atom. The lowest BCUT2D eigenvalue weighted by Gasteiger charge is -2.30. The zero-order chi connectivity index (χ0) is 14.5. The van der Waals surface area contributed by atoms with E-state index in [1.807, 2.05) is 0 Å². The molecule has 1 heterocycles. The van der Waals surface area contributed by atoms with E-state index < -0.39 is 5.97 Å². The molecule has 0 fully saturated rings. The monoisotopic (exact) mass is 276 g/mol. The Balaban J connectivity index is 2.12. The SMILES string of the molecule is CCC1CN(C)c2ccccc2CN1CCCC(=O)O. The van der Waals surface area contributed by atoms with Crippen molar-refractivity contribution in [3.63, 3.8) is 0 Å². The normalized spacial score (nSPS) is 19.5. The van der Waals surface area contributed by atoms with Gasteiger partial charge in [0.1, 0.15) is 0 Å². The molecule has 0 saturated heterocycles. The fraction of sp³-hybridized carbons (Fsp3) is 0.562. The average molecular weight is 276 g/mol. The summed E-state index contributed by atoms with van der Waals surface area (Å²) in [6, 6.07) is 8.99. The fourth-order valence-corrected chi connectivity index (χ4v) is 2.98. The van der Waals surface area contributed by atoms with E-state index in [0.717, 1.165) is 32.5 Å². The molecular formula is C16H24N2O2. The number of rotatable bonds is 5. The summed E-state index contributed by atoms with van der Waals surface area (Å²) in [5.41, 5.74) is 2.63. The highest BCUT2D eigenvalue weighted by Gasteiger charge is 2.24. The zero-order valence-corrected chi connectivity index (χ0v) is 12.4. The summed E-state index contributed by atoms with van der Waals surface area (Å²) in [6.45, 7) is 4.98. The van der Waals surface area contributed by atoms with Gasteiger partial charge in [0.2, 0.25) is 0 Å². The highest BCUT2D eigenvalue weighted by molar-refractivity contribution is 5.66. The van der Waals surface area contributed by atoms with Gasteiger partial charge in [0.15, 0.2) is 0 Å². The van der Waals surface area contributed by atoms with Crippen LogP contribution in [0.3, 0.4) is 0 Å². The Labute approximate surface area is 121 Å². The van der Waals surface area contributed by atoms with Gasteiger partial charge in [-0.15, -0.1) is 0 Å². The minimum atomic E-state index is -0.703. The van der Waals surface area contributed by atoms with Crippen LogP contribution in [0.1, 0.15) is 31.7 Å². The molecule has 0 amide bonds. The molecule has 20 heavy (non-hydrogen) atoms. The molecule has 1 N–H and O–H groups in total. The van der Waals surface area contributed by atoms with E-state index in [0.29, 0.717) is 6.04 Å². The van der Waals surface area contributed by atoms with Gasteiger partial charge in [-0.05, 0) is 31.0 Å². The van der Waals surface area contributed by atoms with E-state index >= 15 is 0 Å². The molecule has 1 aliphatic heterocycles. The van der Waals surface area contributed by atoms with Crippen LogP contribution in [0.2, 0.25) is 0 Å². The molecule has 0 radical (unpaired) electrons. The van der Waals surface area contributed by atoms with Gasteiger partial charge in [-0.1, -0.05) is 25.1 Å². The van der Waals surface area contributed by atoms with E-state index in [1.54, 1.807) is 0 Å². The Kier molecular flexibility index (Phi) is 5.01. The van der Waals surface area contributed by atoms with Crippen LogP contribution >= 0.6 is 0 Å². The van der Waals surface area contributed by atoms with Crippen molar-refractivity contribution in [2.24, 2.45) is 0 Å². The number of hydrogen-bond donors (Lipinski definition) is 1. The summed E-state index contributed by atoms with van der Waals surface area (Å²) in [7, 11) is 2.14. The Hall–Kier alpha value is -1.55. The summed E-state index contributed by atoms with van der Waals surface area (Å²) in [6.07, 6.45) is 2.06. The number of carboxylic acid groups (broad SMARTS) is 1. The first-order chi connectivity index (χ1) is 9.61. The van der Waals surface area contributed by atoms with Crippen LogP contribution in [-0.4, -0.2) is 42.2 Å². The number of hydrogen-bond acceptors (Lipinski definition) is 3. The lowest BCUT2D eigenvalue weighted by Crippen LogP contribution is -2.40. The third-order valence-corrected chi connectivity index (χ3v) is 4.08. The quantitative estimate of drug-likeness (QED) is 0.897. The van der Waals surface area contributed by atoms with Crippen molar-refractivity contribution in [3.8, 4) is 0 Å². The second-order valence-electron chi connectivity index (χ2n) is 5.54. The lowest BCUT2D eigenvalue weighted by molar-refractivity contribution is -0.137. The van der Waals surface area contributed by atoms with E-state index in [-0.39, 0.29) is 6.42 Å². The van der Waals surface area contributed by atoms with Crippen molar-refractivity contribution in [1.29, 1.82) is 0 Å².